The van der Waals surface area contributed by atoms with Gasteiger partial charge < -0.3 is 14.9 Å². The van der Waals surface area contributed by atoms with Crippen LogP contribution in [0.4, 0.5) is 0 Å². The smallest absolute Gasteiger partial charge is 0.313 e. The lowest BCUT2D eigenvalue weighted by Crippen LogP contribution is -2.50. The van der Waals surface area contributed by atoms with Crippen LogP contribution >= 0.6 is 11.6 Å². The molecule has 1 aromatic heterocycles. The van der Waals surface area contributed by atoms with Crippen LogP contribution in [-0.2, 0) is 16.0 Å². The molecule has 0 fully saturated rings. The Balaban J connectivity index is 2.18. The Bertz CT molecular complexity index is 836. The molecule has 0 saturated carbocycles. The van der Waals surface area contributed by atoms with Crippen molar-refractivity contribution in [2.45, 2.75) is 44.8 Å². The molecule has 1 aromatic carbocycles. The predicted molar refractivity (Wildman–Crippen MR) is 93.8 cm³/mol. The summed E-state index contributed by atoms with van der Waals surface area (Å²) in [6, 6.07) is 6.93. The van der Waals surface area contributed by atoms with Crippen molar-refractivity contribution in [3.05, 3.63) is 56.5 Å². The van der Waals surface area contributed by atoms with Crippen molar-refractivity contribution in [1.82, 2.24) is 10.2 Å². The first kappa shape index (κ1) is 17.8. The number of carbonyl (C=O) groups excluding carboxylic acids is 1. The van der Waals surface area contributed by atoms with Gasteiger partial charge in [-0.15, -0.1) is 0 Å². The van der Waals surface area contributed by atoms with E-state index in [0.29, 0.717) is 16.3 Å². The summed E-state index contributed by atoms with van der Waals surface area (Å²) >= 11 is 5.97. The highest BCUT2D eigenvalue weighted by atomic mass is 35.5. The third-order valence-corrected chi connectivity index (χ3v) is 4.83. The van der Waals surface area contributed by atoms with Gasteiger partial charge in [0, 0.05) is 28.6 Å². The lowest BCUT2D eigenvalue weighted by atomic mass is 9.66. The summed E-state index contributed by atoms with van der Waals surface area (Å²) in [5.74, 6) is -2.05. The Morgan fingerprint density at radius 3 is 2.56 bits per heavy atom. The Labute approximate surface area is 150 Å². The molecule has 0 aliphatic heterocycles. The molecule has 0 bridgehead atoms. The van der Waals surface area contributed by atoms with Gasteiger partial charge in [-0.2, -0.15) is 0 Å². The molecule has 1 aliphatic rings. The Hall–Kier alpha value is -2.05. The maximum atomic E-state index is 12.8. The van der Waals surface area contributed by atoms with E-state index in [-0.39, 0.29) is 18.1 Å². The maximum absolute atomic E-state index is 12.8. The molecule has 2 aromatic rings. The Morgan fingerprint density at radius 2 is 1.96 bits per heavy atom. The largest absolute Gasteiger partial charge is 0.463 e. The van der Waals surface area contributed by atoms with Crippen molar-refractivity contribution >= 4 is 17.6 Å². The number of aromatic amines is 2. The average Bonchev–Trinajstić information content (AvgIpc) is 2.85. The van der Waals surface area contributed by atoms with E-state index in [2.05, 4.69) is 10.2 Å². The number of H-pyrrole nitrogens is 2. The normalized spacial score (nSPS) is 25.7. The quantitative estimate of drug-likeness (QED) is 0.728. The van der Waals surface area contributed by atoms with Gasteiger partial charge in [0.15, 0.2) is 0 Å². The number of rotatable bonds is 3. The Morgan fingerprint density at radius 1 is 1.32 bits per heavy atom. The minimum absolute atomic E-state index is 0.156. The number of hydrogen-bond donors (Lipinski definition) is 3. The molecule has 3 atom stereocenters. The monoisotopic (exact) mass is 364 g/mol. The van der Waals surface area contributed by atoms with Crippen LogP contribution < -0.4 is 5.56 Å². The van der Waals surface area contributed by atoms with Gasteiger partial charge in [0.1, 0.15) is 0 Å². The summed E-state index contributed by atoms with van der Waals surface area (Å²) in [6.07, 6.45) is -0.164. The van der Waals surface area contributed by atoms with Crippen LogP contribution in [0, 0.1) is 5.92 Å². The molecular formula is C18H21ClN2O4. The van der Waals surface area contributed by atoms with Crippen molar-refractivity contribution in [2.24, 2.45) is 5.92 Å². The molecule has 0 spiro atoms. The number of carbonyl (C=O) groups is 1. The number of aromatic nitrogens is 2. The lowest BCUT2D eigenvalue weighted by Gasteiger charge is -2.40. The molecule has 7 heteroatoms. The summed E-state index contributed by atoms with van der Waals surface area (Å²) in [5, 5.41) is 16.9. The fourth-order valence-corrected chi connectivity index (χ4v) is 3.72. The van der Waals surface area contributed by atoms with Crippen molar-refractivity contribution in [2.75, 3.05) is 0 Å². The molecule has 0 saturated heterocycles. The third kappa shape index (κ3) is 3.24. The first-order valence-electron chi connectivity index (χ1n) is 8.18. The van der Waals surface area contributed by atoms with E-state index in [1.54, 1.807) is 45.0 Å². The van der Waals surface area contributed by atoms with E-state index in [0.717, 1.165) is 5.56 Å². The molecule has 3 unspecified atom stereocenters. The minimum atomic E-state index is -1.37. The fraction of sp³-hybridized carbons (Fsp3) is 0.444. The van der Waals surface area contributed by atoms with Gasteiger partial charge in [-0.05, 0) is 38.5 Å². The van der Waals surface area contributed by atoms with Gasteiger partial charge in [0.05, 0.1) is 17.6 Å². The molecule has 0 amide bonds. The highest BCUT2D eigenvalue weighted by molar-refractivity contribution is 6.30. The minimum Gasteiger partial charge on any atom is -0.463 e. The number of halogens is 1. The molecule has 25 heavy (non-hydrogen) atoms. The van der Waals surface area contributed by atoms with Gasteiger partial charge in [-0.3, -0.25) is 14.7 Å². The molecular weight excluding hydrogens is 344 g/mol. The van der Waals surface area contributed by atoms with Gasteiger partial charge in [-0.25, -0.2) is 0 Å². The van der Waals surface area contributed by atoms with E-state index >= 15 is 0 Å². The molecule has 3 rings (SSSR count). The number of benzene rings is 1. The summed E-state index contributed by atoms with van der Waals surface area (Å²) in [6.45, 7) is 5.10. The summed E-state index contributed by atoms with van der Waals surface area (Å²) < 4.78 is 5.38. The van der Waals surface area contributed by atoms with Crippen molar-refractivity contribution < 1.29 is 14.6 Å². The fourth-order valence-electron chi connectivity index (χ4n) is 3.59. The van der Waals surface area contributed by atoms with Crippen molar-refractivity contribution in [3.63, 3.8) is 0 Å². The van der Waals surface area contributed by atoms with E-state index in [1.165, 1.54) is 0 Å². The maximum Gasteiger partial charge on any atom is 0.313 e. The summed E-state index contributed by atoms with van der Waals surface area (Å²) in [5.41, 5.74) is 0.117. The number of esters is 1. The predicted octanol–water partition coefficient (Wildman–Crippen LogP) is 2.36. The number of aliphatic hydroxyl groups is 1. The highest BCUT2D eigenvalue weighted by Crippen LogP contribution is 2.44. The van der Waals surface area contributed by atoms with Crippen LogP contribution in [0.25, 0.3) is 0 Å². The van der Waals surface area contributed by atoms with Gasteiger partial charge >= 0.3 is 5.97 Å². The SMILES string of the molecule is CC(C)OC(=O)C1C(c2ccc(Cl)cc2)c2c([nH][nH]c2=O)CC1(C)O. The zero-order chi connectivity index (χ0) is 18.4. The number of ether oxygens (including phenoxy) is 1. The number of fused-ring (bicyclic) bond motifs is 1. The van der Waals surface area contributed by atoms with Crippen LogP contribution in [0.5, 0.6) is 0 Å². The topological polar surface area (TPSA) is 95.2 Å². The van der Waals surface area contributed by atoms with E-state index in [9.17, 15) is 14.7 Å². The van der Waals surface area contributed by atoms with Gasteiger partial charge in [0.2, 0.25) is 0 Å². The standard InChI is InChI=1S/C18H21ClN2O4/c1-9(2)25-17(23)15-13(10-4-6-11(19)7-5-10)14-12(8-18(15,3)24)20-21-16(14)22/h4-7,9,13,15,24H,8H2,1-3H3,(H2,20,21,22). The molecule has 134 valence electrons. The van der Waals surface area contributed by atoms with E-state index in [4.69, 9.17) is 16.3 Å². The Kier molecular flexibility index (Phi) is 4.51. The third-order valence-electron chi connectivity index (χ3n) is 4.58. The molecule has 3 N–H and O–H groups in total. The van der Waals surface area contributed by atoms with Crippen molar-refractivity contribution in [3.8, 4) is 0 Å². The van der Waals surface area contributed by atoms with E-state index in [1.807, 2.05) is 0 Å². The van der Waals surface area contributed by atoms with Gasteiger partial charge in [-0.1, -0.05) is 23.7 Å². The summed E-state index contributed by atoms with van der Waals surface area (Å²) in [4.78, 5) is 25.2. The second-order valence-corrected chi connectivity index (χ2v) is 7.43. The molecule has 6 nitrogen and oxygen atoms in total. The van der Waals surface area contributed by atoms with E-state index < -0.39 is 23.4 Å². The van der Waals surface area contributed by atoms with Crippen LogP contribution in [0.1, 0.15) is 43.5 Å². The van der Waals surface area contributed by atoms with Crippen LogP contribution in [0.2, 0.25) is 5.02 Å². The summed E-state index contributed by atoms with van der Waals surface area (Å²) in [7, 11) is 0. The second-order valence-electron chi connectivity index (χ2n) is 7.00. The molecule has 1 heterocycles. The lowest BCUT2D eigenvalue weighted by molar-refractivity contribution is -0.163. The van der Waals surface area contributed by atoms with Gasteiger partial charge in [0.25, 0.3) is 5.56 Å². The van der Waals surface area contributed by atoms with Crippen LogP contribution in [0.3, 0.4) is 0 Å². The highest BCUT2D eigenvalue weighted by Gasteiger charge is 2.51. The molecule has 1 aliphatic carbocycles. The average molecular weight is 365 g/mol. The zero-order valence-electron chi connectivity index (χ0n) is 14.3. The molecule has 0 radical (unpaired) electrons. The first-order chi connectivity index (χ1) is 11.7. The van der Waals surface area contributed by atoms with Crippen LogP contribution in [0.15, 0.2) is 29.1 Å². The number of nitrogens with one attached hydrogen (secondary N) is 2. The second kappa shape index (κ2) is 6.35. The van der Waals surface area contributed by atoms with Crippen LogP contribution in [-0.4, -0.2) is 33.0 Å². The zero-order valence-corrected chi connectivity index (χ0v) is 15.1. The first-order valence-corrected chi connectivity index (χ1v) is 8.56. The number of hydrogen-bond acceptors (Lipinski definition) is 4. The van der Waals surface area contributed by atoms with Crippen molar-refractivity contribution in [1.29, 1.82) is 0 Å².